The molecule has 1 aromatic heterocycles. The maximum atomic E-state index is 13.7. The normalized spacial score (nSPS) is 12.4. The number of nitrogens with one attached hydrogen (secondary N) is 1. The average molecular weight is 277 g/mol. The summed E-state index contributed by atoms with van der Waals surface area (Å²) in [6.45, 7) is 2.88. The van der Waals surface area contributed by atoms with E-state index in [2.05, 4.69) is 10.3 Å². The fourth-order valence-electron chi connectivity index (χ4n) is 2.21. The lowest BCUT2D eigenvalue weighted by Gasteiger charge is -2.16. The van der Waals surface area contributed by atoms with Crippen LogP contribution in [0, 0.1) is 5.82 Å². The van der Waals surface area contributed by atoms with Gasteiger partial charge in [0.1, 0.15) is 0 Å². The third kappa shape index (κ3) is 3.36. The molecule has 0 aliphatic heterocycles. The summed E-state index contributed by atoms with van der Waals surface area (Å²) in [7, 11) is 3.40. The zero-order chi connectivity index (χ0) is 14.5. The molecule has 0 aliphatic carbocycles. The Morgan fingerprint density at radius 3 is 2.80 bits per heavy atom. The van der Waals surface area contributed by atoms with Crippen molar-refractivity contribution >= 4 is 0 Å². The highest BCUT2D eigenvalue weighted by Crippen LogP contribution is 2.22. The van der Waals surface area contributed by atoms with E-state index in [9.17, 15) is 4.39 Å². The lowest BCUT2D eigenvalue weighted by molar-refractivity contribution is 0.386. The van der Waals surface area contributed by atoms with E-state index in [-0.39, 0.29) is 17.6 Å². The number of halogens is 1. The molecule has 0 fully saturated rings. The van der Waals surface area contributed by atoms with E-state index in [0.29, 0.717) is 6.42 Å². The molecule has 0 radical (unpaired) electrons. The van der Waals surface area contributed by atoms with Crippen LogP contribution in [0.5, 0.6) is 5.75 Å². The van der Waals surface area contributed by atoms with Crippen molar-refractivity contribution in [3.05, 3.63) is 47.8 Å². The second-order valence-corrected chi connectivity index (χ2v) is 4.75. The van der Waals surface area contributed by atoms with E-state index < -0.39 is 0 Å². The number of aryl methyl sites for hydroxylation is 1. The van der Waals surface area contributed by atoms with Gasteiger partial charge in [0, 0.05) is 13.2 Å². The van der Waals surface area contributed by atoms with Crippen LogP contribution in [-0.2, 0) is 13.5 Å². The second-order valence-electron chi connectivity index (χ2n) is 4.75. The minimum atomic E-state index is -0.332. The zero-order valence-corrected chi connectivity index (χ0v) is 12.1. The number of benzene rings is 1. The van der Waals surface area contributed by atoms with E-state index >= 15 is 0 Å². The van der Waals surface area contributed by atoms with Gasteiger partial charge in [0.2, 0.25) is 0 Å². The Kier molecular flexibility index (Phi) is 4.74. The van der Waals surface area contributed by atoms with Crippen LogP contribution in [0.1, 0.15) is 24.2 Å². The molecule has 2 aromatic rings. The molecule has 1 atom stereocenters. The Morgan fingerprint density at radius 1 is 1.45 bits per heavy atom. The molecule has 1 N–H and O–H groups in total. The van der Waals surface area contributed by atoms with Gasteiger partial charge in [0.05, 0.1) is 25.2 Å². The largest absolute Gasteiger partial charge is 0.494 e. The van der Waals surface area contributed by atoms with Gasteiger partial charge >= 0.3 is 0 Å². The SMILES string of the molecule is CCNC(Cc1ccc(OC)c(F)c1)c1cn(C)cn1. The zero-order valence-electron chi connectivity index (χ0n) is 12.1. The van der Waals surface area contributed by atoms with Gasteiger partial charge in [-0.15, -0.1) is 0 Å². The number of ether oxygens (including phenoxy) is 1. The van der Waals surface area contributed by atoms with Crippen LogP contribution >= 0.6 is 0 Å². The average Bonchev–Trinajstić information content (AvgIpc) is 2.85. The molecular weight excluding hydrogens is 257 g/mol. The number of methoxy groups -OCH3 is 1. The number of hydrogen-bond donors (Lipinski definition) is 1. The van der Waals surface area contributed by atoms with Gasteiger partial charge in [-0.2, -0.15) is 0 Å². The minimum Gasteiger partial charge on any atom is -0.494 e. The van der Waals surface area contributed by atoms with Crippen molar-refractivity contribution in [2.75, 3.05) is 13.7 Å². The number of aromatic nitrogens is 2. The molecule has 1 aromatic carbocycles. The van der Waals surface area contributed by atoms with Gasteiger partial charge in [0.15, 0.2) is 11.6 Å². The Bertz CT molecular complexity index is 568. The highest BCUT2D eigenvalue weighted by Gasteiger charge is 2.15. The lowest BCUT2D eigenvalue weighted by atomic mass is 10.0. The summed E-state index contributed by atoms with van der Waals surface area (Å²) < 4.78 is 20.6. The Labute approximate surface area is 118 Å². The van der Waals surface area contributed by atoms with E-state index in [4.69, 9.17) is 4.74 Å². The second kappa shape index (κ2) is 6.52. The van der Waals surface area contributed by atoms with Gasteiger partial charge in [-0.05, 0) is 30.7 Å². The number of nitrogens with zero attached hydrogens (tertiary/aromatic N) is 2. The van der Waals surface area contributed by atoms with Gasteiger partial charge in [-0.25, -0.2) is 9.37 Å². The Morgan fingerprint density at radius 2 is 2.25 bits per heavy atom. The van der Waals surface area contributed by atoms with Crippen molar-refractivity contribution in [2.24, 2.45) is 7.05 Å². The van der Waals surface area contributed by atoms with Gasteiger partial charge in [0.25, 0.3) is 0 Å². The van der Waals surface area contributed by atoms with Crippen LogP contribution in [0.15, 0.2) is 30.7 Å². The first kappa shape index (κ1) is 14.5. The standard InChI is InChI=1S/C15H20FN3O/c1-4-17-13(14-9-19(2)10-18-14)8-11-5-6-15(20-3)12(16)7-11/h5-7,9-10,13,17H,4,8H2,1-3H3. The van der Waals surface area contributed by atoms with Crippen molar-refractivity contribution in [3.63, 3.8) is 0 Å². The Hall–Kier alpha value is -1.88. The van der Waals surface area contributed by atoms with Crippen LogP contribution in [0.2, 0.25) is 0 Å². The highest BCUT2D eigenvalue weighted by molar-refractivity contribution is 5.30. The van der Waals surface area contributed by atoms with Crippen LogP contribution in [-0.4, -0.2) is 23.2 Å². The summed E-state index contributed by atoms with van der Waals surface area (Å²) in [6, 6.07) is 5.14. The minimum absolute atomic E-state index is 0.0778. The quantitative estimate of drug-likeness (QED) is 0.881. The predicted molar refractivity (Wildman–Crippen MR) is 76.3 cm³/mol. The molecule has 0 aliphatic rings. The number of imidazole rings is 1. The van der Waals surface area contributed by atoms with Gasteiger partial charge < -0.3 is 14.6 Å². The first-order chi connectivity index (χ1) is 9.63. The Balaban J connectivity index is 2.17. The van der Waals surface area contributed by atoms with Crippen LogP contribution in [0.25, 0.3) is 0 Å². The van der Waals surface area contributed by atoms with Crippen molar-refractivity contribution in [3.8, 4) is 5.75 Å². The van der Waals surface area contributed by atoms with E-state index in [1.54, 1.807) is 12.4 Å². The molecule has 1 unspecified atom stereocenters. The van der Waals surface area contributed by atoms with Crippen molar-refractivity contribution in [2.45, 2.75) is 19.4 Å². The molecule has 20 heavy (non-hydrogen) atoms. The smallest absolute Gasteiger partial charge is 0.165 e. The first-order valence-electron chi connectivity index (χ1n) is 6.67. The summed E-state index contributed by atoms with van der Waals surface area (Å²) in [5, 5.41) is 3.38. The highest BCUT2D eigenvalue weighted by atomic mass is 19.1. The van der Waals surface area contributed by atoms with Crippen LogP contribution in [0.3, 0.4) is 0 Å². The molecule has 0 spiro atoms. The maximum absolute atomic E-state index is 13.7. The molecule has 0 amide bonds. The van der Waals surface area contributed by atoms with Crippen LogP contribution in [0.4, 0.5) is 4.39 Å². The molecule has 0 saturated heterocycles. The van der Waals surface area contributed by atoms with Gasteiger partial charge in [-0.3, -0.25) is 0 Å². The monoisotopic (exact) mass is 277 g/mol. The lowest BCUT2D eigenvalue weighted by Crippen LogP contribution is -2.23. The molecule has 5 heteroatoms. The fraction of sp³-hybridized carbons (Fsp3) is 0.400. The number of rotatable bonds is 6. The molecule has 2 rings (SSSR count). The van der Waals surface area contributed by atoms with Crippen LogP contribution < -0.4 is 10.1 Å². The molecule has 4 nitrogen and oxygen atoms in total. The van der Waals surface area contributed by atoms with Gasteiger partial charge in [-0.1, -0.05) is 13.0 Å². The summed E-state index contributed by atoms with van der Waals surface area (Å²) in [5.41, 5.74) is 1.88. The molecule has 1 heterocycles. The van der Waals surface area contributed by atoms with E-state index in [1.165, 1.54) is 13.2 Å². The summed E-state index contributed by atoms with van der Waals surface area (Å²) in [5.74, 6) is -0.0622. The summed E-state index contributed by atoms with van der Waals surface area (Å²) in [6.07, 6.45) is 4.44. The molecule has 0 saturated carbocycles. The maximum Gasteiger partial charge on any atom is 0.165 e. The van der Waals surface area contributed by atoms with Crippen molar-refractivity contribution in [1.29, 1.82) is 0 Å². The van der Waals surface area contributed by atoms with E-state index in [1.807, 2.05) is 30.8 Å². The fourth-order valence-corrected chi connectivity index (χ4v) is 2.21. The topological polar surface area (TPSA) is 39.1 Å². The number of hydrogen-bond acceptors (Lipinski definition) is 3. The summed E-state index contributed by atoms with van der Waals surface area (Å²) in [4.78, 5) is 4.37. The molecule has 0 bridgehead atoms. The molecular formula is C15H20FN3O. The number of likely N-dealkylation sites (N-methyl/N-ethyl adjacent to an activating group) is 1. The first-order valence-corrected chi connectivity index (χ1v) is 6.67. The summed E-state index contributed by atoms with van der Waals surface area (Å²) >= 11 is 0. The third-order valence-corrected chi connectivity index (χ3v) is 3.19. The van der Waals surface area contributed by atoms with E-state index in [0.717, 1.165) is 17.8 Å². The molecule has 108 valence electrons. The third-order valence-electron chi connectivity index (χ3n) is 3.19. The van der Waals surface area contributed by atoms with Crippen molar-refractivity contribution < 1.29 is 9.13 Å². The van der Waals surface area contributed by atoms with Crippen molar-refractivity contribution in [1.82, 2.24) is 14.9 Å². The predicted octanol–water partition coefficient (Wildman–Crippen LogP) is 2.46.